The van der Waals surface area contributed by atoms with E-state index in [0.29, 0.717) is 18.3 Å². The Kier molecular flexibility index (Phi) is 6.70. The maximum absolute atomic E-state index is 12.1. The van der Waals surface area contributed by atoms with Gasteiger partial charge in [0.15, 0.2) is 0 Å². The number of thioether (sulfide) groups is 1. The number of alkyl halides is 3. The van der Waals surface area contributed by atoms with Crippen LogP contribution in [0, 0.1) is 11.8 Å². The topological polar surface area (TPSA) is 12.0 Å². The Morgan fingerprint density at radius 1 is 1.18 bits per heavy atom. The highest BCUT2D eigenvalue weighted by Crippen LogP contribution is 2.36. The summed E-state index contributed by atoms with van der Waals surface area (Å²) in [7, 11) is 0. The normalized spacial score (nSPS) is 26.1. The third-order valence-electron chi connectivity index (χ3n) is 3.48. The van der Waals surface area contributed by atoms with Crippen molar-refractivity contribution in [2.75, 3.05) is 18.8 Å². The maximum atomic E-state index is 12.1. The minimum Gasteiger partial charge on any atom is -0.317 e. The standard InChI is InChI=1S/C12H22F3NS/c1-2-16-9-11-6-4-3-5-10(11)7-8-17-12(13,14)15/h10-11,16H,2-9H2,1H3. The molecule has 0 aliphatic heterocycles. The number of hydrogen-bond acceptors (Lipinski definition) is 2. The van der Waals surface area contributed by atoms with Gasteiger partial charge < -0.3 is 5.32 Å². The van der Waals surface area contributed by atoms with Gasteiger partial charge in [-0.3, -0.25) is 0 Å². The van der Waals surface area contributed by atoms with Crippen molar-refractivity contribution in [3.05, 3.63) is 0 Å². The van der Waals surface area contributed by atoms with Crippen molar-refractivity contribution in [1.29, 1.82) is 0 Å². The van der Waals surface area contributed by atoms with Gasteiger partial charge in [-0.15, -0.1) is 0 Å². The summed E-state index contributed by atoms with van der Waals surface area (Å²) in [6, 6.07) is 0. The van der Waals surface area contributed by atoms with Crippen molar-refractivity contribution in [3.63, 3.8) is 0 Å². The van der Waals surface area contributed by atoms with Gasteiger partial charge in [0.25, 0.3) is 0 Å². The van der Waals surface area contributed by atoms with E-state index in [-0.39, 0.29) is 17.5 Å². The summed E-state index contributed by atoms with van der Waals surface area (Å²) in [6.07, 6.45) is 5.41. The van der Waals surface area contributed by atoms with E-state index in [1.165, 1.54) is 19.3 Å². The first-order valence-corrected chi connectivity index (χ1v) is 7.43. The molecule has 2 atom stereocenters. The largest absolute Gasteiger partial charge is 0.441 e. The minimum absolute atomic E-state index is 0.133. The predicted molar refractivity (Wildman–Crippen MR) is 67.1 cm³/mol. The number of hydrogen-bond donors (Lipinski definition) is 1. The monoisotopic (exact) mass is 269 g/mol. The molecule has 1 rings (SSSR count). The molecule has 0 spiro atoms. The molecule has 1 aliphatic carbocycles. The van der Waals surface area contributed by atoms with Crippen LogP contribution in [0.5, 0.6) is 0 Å². The summed E-state index contributed by atoms with van der Waals surface area (Å²) in [5.41, 5.74) is -4.06. The highest BCUT2D eigenvalue weighted by molar-refractivity contribution is 8.00. The molecule has 1 aliphatic rings. The lowest BCUT2D eigenvalue weighted by atomic mass is 9.78. The molecule has 5 heteroatoms. The molecule has 0 heterocycles. The average Bonchev–Trinajstić information content (AvgIpc) is 2.26. The van der Waals surface area contributed by atoms with Gasteiger partial charge in [0.1, 0.15) is 0 Å². The average molecular weight is 269 g/mol. The van der Waals surface area contributed by atoms with E-state index in [1.54, 1.807) is 0 Å². The van der Waals surface area contributed by atoms with E-state index in [9.17, 15) is 13.2 Å². The summed E-state index contributed by atoms with van der Waals surface area (Å²) < 4.78 is 36.2. The SMILES string of the molecule is CCNCC1CCCCC1CCSC(F)(F)F. The van der Waals surface area contributed by atoms with E-state index in [2.05, 4.69) is 12.2 Å². The third kappa shape index (κ3) is 6.55. The van der Waals surface area contributed by atoms with Gasteiger partial charge in [0, 0.05) is 5.75 Å². The maximum Gasteiger partial charge on any atom is 0.441 e. The van der Waals surface area contributed by atoms with Crippen molar-refractivity contribution >= 4 is 11.8 Å². The molecule has 17 heavy (non-hydrogen) atoms. The van der Waals surface area contributed by atoms with Crippen molar-refractivity contribution in [1.82, 2.24) is 5.32 Å². The zero-order chi connectivity index (χ0) is 12.7. The van der Waals surface area contributed by atoms with Crippen LogP contribution in [-0.4, -0.2) is 24.4 Å². The van der Waals surface area contributed by atoms with Crippen LogP contribution >= 0.6 is 11.8 Å². The first-order valence-electron chi connectivity index (χ1n) is 6.44. The molecule has 1 fully saturated rings. The van der Waals surface area contributed by atoms with E-state index in [4.69, 9.17) is 0 Å². The molecule has 102 valence electrons. The van der Waals surface area contributed by atoms with Crippen LogP contribution in [0.25, 0.3) is 0 Å². The summed E-state index contributed by atoms with van der Waals surface area (Å²) in [4.78, 5) is 0. The highest BCUT2D eigenvalue weighted by Gasteiger charge is 2.30. The van der Waals surface area contributed by atoms with E-state index < -0.39 is 5.51 Å². The molecule has 0 aromatic heterocycles. The Bertz CT molecular complexity index is 208. The van der Waals surface area contributed by atoms with Crippen LogP contribution in [0.3, 0.4) is 0 Å². The molecule has 0 radical (unpaired) electrons. The second kappa shape index (κ2) is 7.52. The summed E-state index contributed by atoms with van der Waals surface area (Å²) in [6.45, 7) is 3.98. The van der Waals surface area contributed by atoms with E-state index in [1.807, 2.05) is 0 Å². The van der Waals surface area contributed by atoms with Crippen LogP contribution in [-0.2, 0) is 0 Å². The second-order valence-electron chi connectivity index (χ2n) is 4.70. The lowest BCUT2D eigenvalue weighted by Crippen LogP contribution is -2.31. The molecule has 2 unspecified atom stereocenters. The quantitative estimate of drug-likeness (QED) is 0.781. The molecular formula is C12H22F3NS. The summed E-state index contributed by atoms with van der Waals surface area (Å²) in [5, 5.41) is 3.33. The molecule has 1 nitrogen and oxygen atoms in total. The number of halogens is 3. The van der Waals surface area contributed by atoms with Gasteiger partial charge in [-0.2, -0.15) is 13.2 Å². The molecule has 0 aromatic rings. The van der Waals surface area contributed by atoms with Crippen LogP contribution in [0.1, 0.15) is 39.0 Å². The van der Waals surface area contributed by atoms with Crippen molar-refractivity contribution in [2.45, 2.75) is 44.5 Å². The fourth-order valence-corrected chi connectivity index (χ4v) is 3.24. The molecule has 1 saturated carbocycles. The molecule has 0 saturated heterocycles. The third-order valence-corrected chi connectivity index (χ3v) is 4.24. The zero-order valence-corrected chi connectivity index (χ0v) is 11.2. The van der Waals surface area contributed by atoms with E-state index in [0.717, 1.165) is 19.5 Å². The molecular weight excluding hydrogens is 247 g/mol. The van der Waals surface area contributed by atoms with Crippen LogP contribution < -0.4 is 5.32 Å². The predicted octanol–water partition coefficient (Wildman–Crippen LogP) is 4.05. The molecule has 0 amide bonds. The Morgan fingerprint density at radius 3 is 2.41 bits per heavy atom. The molecule has 0 bridgehead atoms. The van der Waals surface area contributed by atoms with Crippen LogP contribution in [0.2, 0.25) is 0 Å². The number of rotatable bonds is 6. The Labute approximate surface area is 106 Å². The lowest BCUT2D eigenvalue weighted by molar-refractivity contribution is -0.0328. The Hall–Kier alpha value is 0.100. The summed E-state index contributed by atoms with van der Waals surface area (Å²) in [5.74, 6) is 1.28. The first kappa shape index (κ1) is 15.2. The van der Waals surface area contributed by atoms with Gasteiger partial charge in [0.05, 0.1) is 0 Å². The van der Waals surface area contributed by atoms with Gasteiger partial charge in [-0.25, -0.2) is 0 Å². The molecule has 1 N–H and O–H groups in total. The highest BCUT2D eigenvalue weighted by atomic mass is 32.2. The number of nitrogens with one attached hydrogen (secondary N) is 1. The van der Waals surface area contributed by atoms with Crippen molar-refractivity contribution in [2.24, 2.45) is 11.8 Å². The van der Waals surface area contributed by atoms with Crippen LogP contribution in [0.15, 0.2) is 0 Å². The smallest absolute Gasteiger partial charge is 0.317 e. The Morgan fingerprint density at radius 2 is 1.82 bits per heavy atom. The van der Waals surface area contributed by atoms with Gasteiger partial charge in [0.2, 0.25) is 0 Å². The fourth-order valence-electron chi connectivity index (χ4n) is 2.59. The molecule has 0 aromatic carbocycles. The fraction of sp³-hybridized carbons (Fsp3) is 1.00. The van der Waals surface area contributed by atoms with Crippen molar-refractivity contribution in [3.8, 4) is 0 Å². The van der Waals surface area contributed by atoms with Gasteiger partial charge in [-0.05, 0) is 37.8 Å². The van der Waals surface area contributed by atoms with Gasteiger partial charge >= 0.3 is 5.51 Å². The summed E-state index contributed by atoms with van der Waals surface area (Å²) >= 11 is 0.133. The second-order valence-corrected chi connectivity index (χ2v) is 5.86. The minimum atomic E-state index is -4.06. The Balaban J connectivity index is 2.27. The first-order chi connectivity index (χ1) is 8.03. The van der Waals surface area contributed by atoms with Crippen molar-refractivity contribution < 1.29 is 13.2 Å². The van der Waals surface area contributed by atoms with E-state index >= 15 is 0 Å². The van der Waals surface area contributed by atoms with Crippen LogP contribution in [0.4, 0.5) is 13.2 Å². The zero-order valence-electron chi connectivity index (χ0n) is 10.4. The van der Waals surface area contributed by atoms with Gasteiger partial charge in [-0.1, -0.05) is 37.9 Å². The lowest BCUT2D eigenvalue weighted by Gasteiger charge is -2.31.